The van der Waals surface area contributed by atoms with Crippen LogP contribution < -0.4 is 0 Å². The van der Waals surface area contributed by atoms with E-state index in [1.807, 2.05) is 0 Å². The quantitative estimate of drug-likeness (QED) is 0.800. The van der Waals surface area contributed by atoms with E-state index < -0.39 is 29.3 Å². The van der Waals surface area contributed by atoms with Crippen molar-refractivity contribution in [3.05, 3.63) is 54.1 Å². The van der Waals surface area contributed by atoms with Gasteiger partial charge in [0.1, 0.15) is 5.75 Å². The molecule has 0 amide bonds. The number of phenolic OH excluding ortho intramolecular Hbond substituents is 1. The van der Waals surface area contributed by atoms with E-state index in [0.717, 1.165) is 12.1 Å². The summed E-state index contributed by atoms with van der Waals surface area (Å²) >= 11 is 0. The molecule has 0 heterocycles. The molecule has 2 N–H and O–H groups in total. The second kappa shape index (κ2) is 5.45. The van der Waals surface area contributed by atoms with Crippen molar-refractivity contribution < 1.29 is 36.6 Å². The third-order valence-electron chi connectivity index (χ3n) is 3.33. The first-order valence-electron chi connectivity index (χ1n) is 6.24. The van der Waals surface area contributed by atoms with Crippen LogP contribution in [-0.4, -0.2) is 22.6 Å². The molecule has 0 atom stereocenters. The molecule has 0 spiro atoms. The first-order valence-corrected chi connectivity index (χ1v) is 6.24. The summed E-state index contributed by atoms with van der Waals surface area (Å²) in [4.78, 5) is 0. The molecule has 0 aliphatic rings. The van der Waals surface area contributed by atoms with Gasteiger partial charge in [-0.2, -0.15) is 26.3 Å². The Morgan fingerprint density at radius 2 is 1.22 bits per heavy atom. The van der Waals surface area contributed by atoms with Crippen LogP contribution >= 0.6 is 0 Å². The fraction of sp³-hybridized carbons (Fsp3) is 0.200. The maximum absolute atomic E-state index is 12.9. The van der Waals surface area contributed by atoms with Gasteiger partial charge >= 0.3 is 12.4 Å². The van der Waals surface area contributed by atoms with Gasteiger partial charge in [0.15, 0.2) is 0 Å². The van der Waals surface area contributed by atoms with Gasteiger partial charge in [0.05, 0.1) is 0 Å². The number of aromatic hydroxyl groups is 1. The third-order valence-corrected chi connectivity index (χ3v) is 3.33. The van der Waals surface area contributed by atoms with E-state index in [1.165, 1.54) is 24.3 Å². The van der Waals surface area contributed by atoms with Gasteiger partial charge in [0.25, 0.3) is 5.60 Å². The summed E-state index contributed by atoms with van der Waals surface area (Å²) in [6.07, 6.45) is -12.1. The van der Waals surface area contributed by atoms with E-state index in [2.05, 4.69) is 0 Å². The predicted molar refractivity (Wildman–Crippen MR) is 69.5 cm³/mol. The minimum absolute atomic E-state index is 0.207. The van der Waals surface area contributed by atoms with Crippen LogP contribution in [0, 0.1) is 0 Å². The molecule has 0 aliphatic heterocycles. The Labute approximate surface area is 126 Å². The first kappa shape index (κ1) is 17.1. The average molecular weight is 336 g/mol. The van der Waals surface area contributed by atoms with E-state index in [9.17, 15) is 36.6 Å². The fourth-order valence-corrected chi connectivity index (χ4v) is 2.15. The van der Waals surface area contributed by atoms with Gasteiger partial charge in [-0.3, -0.25) is 0 Å². The Bertz CT molecular complexity index is 677. The standard InChI is InChI=1S/C15H10F6O2/c16-14(17,18)13(23,15(19,20)21)11-8-4-7-10(12(11)22)9-5-2-1-3-6-9/h1-8,22-23H. The van der Waals surface area contributed by atoms with E-state index in [4.69, 9.17) is 0 Å². The maximum atomic E-state index is 12.9. The molecular weight excluding hydrogens is 326 g/mol. The second-order valence-corrected chi connectivity index (χ2v) is 4.77. The van der Waals surface area contributed by atoms with Crippen LogP contribution in [-0.2, 0) is 5.60 Å². The summed E-state index contributed by atoms with van der Waals surface area (Å²) in [7, 11) is 0. The molecule has 124 valence electrons. The number of hydrogen-bond acceptors (Lipinski definition) is 2. The first-order chi connectivity index (χ1) is 10.5. The zero-order chi connectivity index (χ0) is 17.5. The van der Waals surface area contributed by atoms with Crippen LogP contribution in [0.15, 0.2) is 48.5 Å². The van der Waals surface area contributed by atoms with Crippen molar-refractivity contribution in [2.75, 3.05) is 0 Å². The fourth-order valence-electron chi connectivity index (χ4n) is 2.15. The minimum Gasteiger partial charge on any atom is -0.507 e. The Hall–Kier alpha value is -2.22. The zero-order valence-corrected chi connectivity index (χ0v) is 11.3. The minimum atomic E-state index is -6.06. The normalized spacial score (nSPS) is 13.2. The molecule has 0 radical (unpaired) electrons. The molecule has 2 rings (SSSR count). The van der Waals surface area contributed by atoms with Crippen molar-refractivity contribution in [3.63, 3.8) is 0 Å². The number of para-hydroxylation sites is 1. The van der Waals surface area contributed by atoms with E-state index in [0.29, 0.717) is 6.07 Å². The van der Waals surface area contributed by atoms with Crippen molar-refractivity contribution in [2.45, 2.75) is 18.0 Å². The molecule has 0 unspecified atom stereocenters. The van der Waals surface area contributed by atoms with Crippen molar-refractivity contribution in [1.29, 1.82) is 0 Å². The number of aliphatic hydroxyl groups is 1. The van der Waals surface area contributed by atoms with Crippen LogP contribution in [0.1, 0.15) is 5.56 Å². The highest BCUT2D eigenvalue weighted by atomic mass is 19.4. The summed E-state index contributed by atoms with van der Waals surface area (Å²) < 4.78 is 77.5. The number of alkyl halides is 6. The number of phenols is 1. The molecule has 0 aromatic heterocycles. The Morgan fingerprint density at radius 1 is 0.696 bits per heavy atom. The molecule has 2 aromatic rings. The summed E-state index contributed by atoms with van der Waals surface area (Å²) in [6.45, 7) is 0. The van der Waals surface area contributed by atoms with Gasteiger partial charge in [-0.1, -0.05) is 48.5 Å². The largest absolute Gasteiger partial charge is 0.507 e. The molecule has 0 fully saturated rings. The Kier molecular flexibility index (Phi) is 4.06. The van der Waals surface area contributed by atoms with Gasteiger partial charge in [-0.15, -0.1) is 0 Å². The van der Waals surface area contributed by atoms with Crippen molar-refractivity contribution in [3.8, 4) is 16.9 Å². The summed E-state index contributed by atoms with van der Waals surface area (Å²) in [5, 5.41) is 19.3. The van der Waals surface area contributed by atoms with E-state index in [-0.39, 0.29) is 11.1 Å². The van der Waals surface area contributed by atoms with E-state index in [1.54, 1.807) is 6.07 Å². The summed E-state index contributed by atoms with van der Waals surface area (Å²) in [6, 6.07) is 9.84. The van der Waals surface area contributed by atoms with Crippen LogP contribution in [0.25, 0.3) is 11.1 Å². The SMILES string of the molecule is Oc1c(-c2ccccc2)cccc1C(O)(C(F)(F)F)C(F)(F)F. The molecule has 0 aliphatic carbocycles. The lowest BCUT2D eigenvalue weighted by Gasteiger charge is -2.33. The Morgan fingerprint density at radius 3 is 1.70 bits per heavy atom. The van der Waals surface area contributed by atoms with Gasteiger partial charge in [0.2, 0.25) is 0 Å². The highest BCUT2D eigenvalue weighted by molar-refractivity contribution is 5.72. The van der Waals surface area contributed by atoms with Crippen molar-refractivity contribution >= 4 is 0 Å². The van der Waals surface area contributed by atoms with Gasteiger partial charge in [-0.05, 0) is 5.56 Å². The van der Waals surface area contributed by atoms with Crippen LogP contribution in [0.4, 0.5) is 26.3 Å². The van der Waals surface area contributed by atoms with Crippen LogP contribution in [0.3, 0.4) is 0 Å². The lowest BCUT2D eigenvalue weighted by atomic mass is 9.88. The van der Waals surface area contributed by atoms with Gasteiger partial charge in [-0.25, -0.2) is 0 Å². The molecule has 23 heavy (non-hydrogen) atoms. The molecule has 0 saturated heterocycles. The van der Waals surface area contributed by atoms with Crippen LogP contribution in [0.5, 0.6) is 5.75 Å². The second-order valence-electron chi connectivity index (χ2n) is 4.77. The molecule has 2 nitrogen and oxygen atoms in total. The van der Waals surface area contributed by atoms with Crippen molar-refractivity contribution in [1.82, 2.24) is 0 Å². The number of hydrogen-bond donors (Lipinski definition) is 2. The summed E-state index contributed by atoms with van der Waals surface area (Å²) in [5.74, 6) is -1.28. The topological polar surface area (TPSA) is 40.5 Å². The van der Waals surface area contributed by atoms with Crippen LogP contribution in [0.2, 0.25) is 0 Å². The number of benzene rings is 2. The Balaban J connectivity index is 2.73. The lowest BCUT2D eigenvalue weighted by molar-refractivity contribution is -0.376. The summed E-state index contributed by atoms with van der Waals surface area (Å²) in [5.41, 5.74) is -6.89. The third kappa shape index (κ3) is 2.74. The van der Waals surface area contributed by atoms with E-state index >= 15 is 0 Å². The lowest BCUT2D eigenvalue weighted by Crippen LogP contribution is -2.53. The van der Waals surface area contributed by atoms with Gasteiger partial charge in [0, 0.05) is 11.1 Å². The highest BCUT2D eigenvalue weighted by Gasteiger charge is 2.72. The highest BCUT2D eigenvalue weighted by Crippen LogP contribution is 2.53. The molecular formula is C15H10F6O2. The van der Waals surface area contributed by atoms with Gasteiger partial charge < -0.3 is 10.2 Å². The predicted octanol–water partition coefficient (Wildman–Crippen LogP) is 4.37. The smallest absolute Gasteiger partial charge is 0.430 e. The number of halogens is 6. The molecule has 0 saturated carbocycles. The molecule has 2 aromatic carbocycles. The zero-order valence-electron chi connectivity index (χ0n) is 11.3. The monoisotopic (exact) mass is 336 g/mol. The molecule has 0 bridgehead atoms. The average Bonchev–Trinajstić information content (AvgIpc) is 2.45. The molecule has 8 heteroatoms. The number of rotatable bonds is 2. The van der Waals surface area contributed by atoms with Crippen molar-refractivity contribution in [2.24, 2.45) is 0 Å². The maximum Gasteiger partial charge on any atom is 0.430 e.